The van der Waals surface area contributed by atoms with Gasteiger partial charge in [0.1, 0.15) is 0 Å². The molecule has 1 fully saturated rings. The van der Waals surface area contributed by atoms with Gasteiger partial charge in [0.2, 0.25) is 0 Å². The van der Waals surface area contributed by atoms with Crippen LogP contribution in [0.3, 0.4) is 0 Å². The average molecular weight is 455 g/mol. The first-order valence-electron chi connectivity index (χ1n) is 10.6. The summed E-state index contributed by atoms with van der Waals surface area (Å²) >= 11 is 0. The third-order valence-electron chi connectivity index (χ3n) is 6.07. The Labute approximate surface area is 189 Å². The fourth-order valence-corrected chi connectivity index (χ4v) is 4.98. The minimum Gasteiger partial charge on any atom is -0.380 e. The van der Waals surface area contributed by atoms with E-state index in [1.807, 2.05) is 43.6 Å². The number of rotatable bonds is 7. The van der Waals surface area contributed by atoms with Crippen molar-refractivity contribution in [1.82, 2.24) is 14.2 Å². The Morgan fingerprint density at radius 1 is 1.19 bits per heavy atom. The lowest BCUT2D eigenvalue weighted by atomic mass is 10.1. The Kier molecular flexibility index (Phi) is 6.34. The molecular weight excluding hydrogens is 424 g/mol. The van der Waals surface area contributed by atoms with Gasteiger partial charge in [0.15, 0.2) is 0 Å². The molecule has 8 nitrogen and oxygen atoms in total. The molecule has 3 N–H and O–H groups in total. The van der Waals surface area contributed by atoms with E-state index in [-0.39, 0.29) is 0 Å². The molecular formula is C23H30N6O2S. The zero-order chi connectivity index (χ0) is 22.9. The molecule has 2 aromatic carbocycles. The standard InChI is InChI=1S/C23H30N6O2S/c1-17-19(7-5-9-23(17)29(24)32(30,31)27(2)3)15-28-13-11-20(16-28)26-22-8-4-6-18-14-25-12-10-21(18)22/h4-10,12,14,20,26H,11,13,15-16,24H2,1-3H3/t20-/m1/s1. The van der Waals surface area contributed by atoms with Crippen LogP contribution in [0, 0.1) is 6.92 Å². The number of hydrogen-bond acceptors (Lipinski definition) is 6. The van der Waals surface area contributed by atoms with E-state index in [9.17, 15) is 8.42 Å². The zero-order valence-electron chi connectivity index (χ0n) is 18.7. The maximum atomic E-state index is 12.5. The second-order valence-corrected chi connectivity index (χ2v) is 10.4. The first-order chi connectivity index (χ1) is 15.3. The summed E-state index contributed by atoms with van der Waals surface area (Å²) in [4.78, 5) is 6.60. The summed E-state index contributed by atoms with van der Waals surface area (Å²) in [6.45, 7) is 4.54. The second kappa shape index (κ2) is 9.03. The number of benzene rings is 2. The molecule has 0 radical (unpaired) electrons. The normalized spacial score (nSPS) is 17.2. The van der Waals surface area contributed by atoms with Gasteiger partial charge in [0.05, 0.1) is 5.69 Å². The molecule has 32 heavy (non-hydrogen) atoms. The van der Waals surface area contributed by atoms with Crippen LogP contribution < -0.4 is 15.6 Å². The molecule has 4 rings (SSSR count). The maximum absolute atomic E-state index is 12.5. The molecule has 1 atom stereocenters. The molecule has 1 saturated heterocycles. The van der Waals surface area contributed by atoms with Crippen molar-refractivity contribution in [3.63, 3.8) is 0 Å². The average Bonchev–Trinajstić information content (AvgIpc) is 3.21. The Bertz CT molecular complexity index is 1210. The number of nitrogens with two attached hydrogens (primary N) is 1. The fraction of sp³-hybridized carbons (Fsp3) is 0.348. The van der Waals surface area contributed by atoms with E-state index >= 15 is 0 Å². The number of likely N-dealkylation sites (tertiary alicyclic amines) is 1. The van der Waals surface area contributed by atoms with Crippen LogP contribution in [-0.4, -0.2) is 55.8 Å². The summed E-state index contributed by atoms with van der Waals surface area (Å²) in [5.74, 6) is 5.98. The molecule has 170 valence electrons. The van der Waals surface area contributed by atoms with Crippen LogP contribution in [0.2, 0.25) is 0 Å². The number of aromatic nitrogens is 1. The number of nitrogens with one attached hydrogen (secondary N) is 1. The summed E-state index contributed by atoms with van der Waals surface area (Å²) in [6, 6.07) is 14.3. The largest absolute Gasteiger partial charge is 0.380 e. The monoisotopic (exact) mass is 454 g/mol. The highest BCUT2D eigenvalue weighted by molar-refractivity contribution is 7.90. The second-order valence-electron chi connectivity index (χ2n) is 8.41. The van der Waals surface area contributed by atoms with Crippen molar-refractivity contribution in [2.75, 3.05) is 36.9 Å². The van der Waals surface area contributed by atoms with Gasteiger partial charge in [-0.3, -0.25) is 9.88 Å². The Morgan fingerprint density at radius 3 is 2.75 bits per heavy atom. The minimum atomic E-state index is -3.74. The van der Waals surface area contributed by atoms with E-state index in [0.717, 1.165) is 57.0 Å². The number of nitrogens with zero attached hydrogens (tertiary/aromatic N) is 4. The van der Waals surface area contributed by atoms with Crippen LogP contribution in [-0.2, 0) is 16.8 Å². The lowest BCUT2D eigenvalue weighted by Gasteiger charge is -2.26. The first kappa shape index (κ1) is 22.5. The maximum Gasteiger partial charge on any atom is 0.316 e. The van der Waals surface area contributed by atoms with Crippen LogP contribution in [0.25, 0.3) is 10.8 Å². The molecule has 0 unspecified atom stereocenters. The Morgan fingerprint density at radius 2 is 1.97 bits per heavy atom. The molecule has 0 saturated carbocycles. The fourth-order valence-electron chi connectivity index (χ4n) is 4.18. The summed E-state index contributed by atoms with van der Waals surface area (Å²) in [5.41, 5.74) is 3.57. The molecule has 1 aliphatic rings. The highest BCUT2D eigenvalue weighted by Gasteiger charge is 2.26. The van der Waals surface area contributed by atoms with Gasteiger partial charge in [-0.05, 0) is 42.7 Å². The molecule has 3 aromatic rings. The van der Waals surface area contributed by atoms with Gasteiger partial charge in [-0.1, -0.05) is 24.3 Å². The van der Waals surface area contributed by atoms with Crippen molar-refractivity contribution in [1.29, 1.82) is 0 Å². The van der Waals surface area contributed by atoms with Crippen LogP contribution in [0.5, 0.6) is 0 Å². The van der Waals surface area contributed by atoms with Crippen molar-refractivity contribution in [3.05, 3.63) is 66.0 Å². The highest BCUT2D eigenvalue weighted by atomic mass is 32.2. The third kappa shape index (κ3) is 4.42. The third-order valence-corrected chi connectivity index (χ3v) is 7.69. The lowest BCUT2D eigenvalue weighted by Crippen LogP contribution is -2.45. The lowest BCUT2D eigenvalue weighted by molar-refractivity contribution is 0.328. The van der Waals surface area contributed by atoms with Gasteiger partial charge in [-0.15, -0.1) is 0 Å². The minimum absolute atomic E-state index is 0.345. The van der Waals surface area contributed by atoms with Crippen LogP contribution in [0.1, 0.15) is 17.5 Å². The summed E-state index contributed by atoms with van der Waals surface area (Å²) in [6.07, 6.45) is 4.74. The predicted octanol–water partition coefficient (Wildman–Crippen LogP) is 2.72. The van der Waals surface area contributed by atoms with E-state index in [0.29, 0.717) is 11.7 Å². The number of anilines is 2. The topological polar surface area (TPSA) is 94.8 Å². The Hall–Kier alpha value is -2.72. The van der Waals surface area contributed by atoms with Crippen molar-refractivity contribution in [3.8, 4) is 0 Å². The van der Waals surface area contributed by atoms with Gasteiger partial charge in [0.25, 0.3) is 0 Å². The van der Waals surface area contributed by atoms with Gasteiger partial charge >= 0.3 is 10.2 Å². The summed E-state index contributed by atoms with van der Waals surface area (Å²) in [5, 5.41) is 5.99. The number of fused-ring (bicyclic) bond motifs is 1. The number of hydrazine groups is 1. The van der Waals surface area contributed by atoms with E-state index in [1.54, 1.807) is 6.07 Å². The van der Waals surface area contributed by atoms with Crippen molar-refractivity contribution in [2.24, 2.45) is 5.84 Å². The van der Waals surface area contributed by atoms with Crippen LogP contribution in [0.4, 0.5) is 11.4 Å². The van der Waals surface area contributed by atoms with E-state index in [2.05, 4.69) is 27.3 Å². The molecule has 0 bridgehead atoms. The highest BCUT2D eigenvalue weighted by Crippen LogP contribution is 2.28. The van der Waals surface area contributed by atoms with Crippen LogP contribution >= 0.6 is 0 Å². The molecule has 0 amide bonds. The van der Waals surface area contributed by atoms with E-state index in [4.69, 9.17) is 5.84 Å². The quantitative estimate of drug-likeness (QED) is 0.421. The molecule has 1 aromatic heterocycles. The van der Waals surface area contributed by atoms with Gasteiger partial charge in [-0.2, -0.15) is 17.1 Å². The SMILES string of the molecule is Cc1c(CN2CC[C@@H](Nc3cccc4cnccc34)C2)cccc1N(N)S(=O)(=O)N(C)C. The molecule has 1 aliphatic heterocycles. The number of pyridine rings is 1. The molecule has 2 heterocycles. The smallest absolute Gasteiger partial charge is 0.316 e. The van der Waals surface area contributed by atoms with Gasteiger partial charge in [0, 0.05) is 68.6 Å². The first-order valence-corrected chi connectivity index (χ1v) is 12.0. The number of hydrogen-bond donors (Lipinski definition) is 2. The summed E-state index contributed by atoms with van der Waals surface area (Å²) < 4.78 is 26.9. The predicted molar refractivity (Wildman–Crippen MR) is 129 cm³/mol. The Balaban J connectivity index is 1.46. The molecule has 0 spiro atoms. The van der Waals surface area contributed by atoms with Crippen molar-refractivity contribution >= 4 is 32.4 Å². The molecule has 0 aliphatic carbocycles. The zero-order valence-corrected chi connectivity index (χ0v) is 19.5. The van der Waals surface area contributed by atoms with Crippen molar-refractivity contribution in [2.45, 2.75) is 25.9 Å². The van der Waals surface area contributed by atoms with Crippen LogP contribution in [0.15, 0.2) is 54.9 Å². The van der Waals surface area contributed by atoms with Gasteiger partial charge < -0.3 is 5.32 Å². The van der Waals surface area contributed by atoms with Gasteiger partial charge in [-0.25, -0.2) is 5.84 Å². The van der Waals surface area contributed by atoms with Crippen molar-refractivity contribution < 1.29 is 8.42 Å². The molecule has 9 heteroatoms. The van der Waals surface area contributed by atoms with E-state index in [1.165, 1.54) is 19.5 Å². The van der Waals surface area contributed by atoms with E-state index < -0.39 is 10.2 Å². The summed E-state index contributed by atoms with van der Waals surface area (Å²) in [7, 11) is -0.801.